The minimum atomic E-state index is -4.69. The molecule has 5 rings (SSSR count). The molecular formula is C23H21ClF3N7O. The van der Waals surface area contributed by atoms with Crippen molar-refractivity contribution in [2.75, 3.05) is 30.3 Å². The molecule has 4 heterocycles. The molecule has 3 aromatic rings. The van der Waals surface area contributed by atoms with Crippen LogP contribution in [0.15, 0.2) is 18.5 Å². The van der Waals surface area contributed by atoms with Gasteiger partial charge in [0, 0.05) is 18.2 Å². The molecule has 0 saturated carbocycles. The highest BCUT2D eigenvalue weighted by Crippen LogP contribution is 2.48. The summed E-state index contributed by atoms with van der Waals surface area (Å²) >= 11 is 6.74. The first-order valence-corrected chi connectivity index (χ1v) is 11.4. The molecule has 182 valence electrons. The number of anilines is 2. The van der Waals surface area contributed by atoms with Crippen molar-refractivity contribution in [1.82, 2.24) is 20.3 Å². The molecule has 0 bridgehead atoms. The molecule has 0 unspecified atom stereocenters. The van der Waals surface area contributed by atoms with Gasteiger partial charge >= 0.3 is 6.18 Å². The molecule has 35 heavy (non-hydrogen) atoms. The lowest BCUT2D eigenvalue weighted by atomic mass is 9.99. The Morgan fingerprint density at radius 1 is 1.34 bits per heavy atom. The summed E-state index contributed by atoms with van der Waals surface area (Å²) in [5.41, 5.74) is 4.80. The third kappa shape index (κ3) is 3.96. The number of alkyl halides is 3. The van der Waals surface area contributed by atoms with Gasteiger partial charge in [0.25, 0.3) is 0 Å². The SMILES string of the molecule is Cc1cc(N)nc(-c2cc3ncnc4c3c(c2Cl)OC[C@H](CC#N)N4[C@@H]2CCNC2)c1C(F)(F)F. The van der Waals surface area contributed by atoms with Gasteiger partial charge in [-0.25, -0.2) is 15.0 Å². The molecular weight excluding hydrogens is 483 g/mol. The number of aryl methyl sites for hydroxylation is 1. The Balaban J connectivity index is 1.78. The summed E-state index contributed by atoms with van der Waals surface area (Å²) in [7, 11) is 0. The minimum absolute atomic E-state index is 0.00866. The Hall–Kier alpha value is -3.36. The van der Waals surface area contributed by atoms with Gasteiger partial charge in [0.1, 0.15) is 24.6 Å². The number of nitrogens with zero attached hydrogens (tertiary/aromatic N) is 5. The van der Waals surface area contributed by atoms with E-state index in [-0.39, 0.29) is 52.8 Å². The van der Waals surface area contributed by atoms with E-state index >= 15 is 0 Å². The zero-order chi connectivity index (χ0) is 24.9. The standard InChI is InChI=1S/C23H21ClF3N7O/c1-11-6-16(29)33-20(18(11)23(25,26)27)14-7-15-17-21(19(14)24)35-9-13(2-4-28)34(12-3-5-30-8-12)22(17)32-10-31-15/h6-7,10,12-13,30H,2-3,5,8-9H2,1H3,(H2,29,33)/t12-,13+/m1/s1. The Bertz CT molecular complexity index is 1350. The highest BCUT2D eigenvalue weighted by molar-refractivity contribution is 6.36. The maximum atomic E-state index is 14.0. The van der Waals surface area contributed by atoms with Crippen molar-refractivity contribution in [3.63, 3.8) is 0 Å². The average molecular weight is 504 g/mol. The maximum absolute atomic E-state index is 14.0. The van der Waals surface area contributed by atoms with Crippen molar-refractivity contribution in [1.29, 1.82) is 5.26 Å². The molecule has 12 heteroatoms. The molecule has 2 aliphatic rings. The maximum Gasteiger partial charge on any atom is 0.418 e. The van der Waals surface area contributed by atoms with Gasteiger partial charge in [-0.15, -0.1) is 0 Å². The summed E-state index contributed by atoms with van der Waals surface area (Å²) in [6.07, 6.45) is -2.31. The Morgan fingerprint density at radius 2 is 2.14 bits per heavy atom. The first-order chi connectivity index (χ1) is 16.7. The summed E-state index contributed by atoms with van der Waals surface area (Å²) in [5.74, 6) is 0.643. The highest BCUT2D eigenvalue weighted by Gasteiger charge is 2.39. The fraction of sp³-hybridized carbons (Fsp3) is 0.391. The number of rotatable bonds is 3. The number of nitrogen functional groups attached to an aromatic ring is 1. The van der Waals surface area contributed by atoms with E-state index in [4.69, 9.17) is 22.1 Å². The summed E-state index contributed by atoms with van der Waals surface area (Å²) in [5, 5.41) is 13.2. The number of benzene rings is 1. The van der Waals surface area contributed by atoms with Crippen molar-refractivity contribution in [3.05, 3.63) is 34.6 Å². The lowest BCUT2D eigenvalue weighted by molar-refractivity contribution is -0.137. The number of ether oxygens (including phenoxy) is 1. The van der Waals surface area contributed by atoms with Gasteiger partial charge in [-0.05, 0) is 37.6 Å². The van der Waals surface area contributed by atoms with E-state index in [9.17, 15) is 18.4 Å². The van der Waals surface area contributed by atoms with Crippen LogP contribution >= 0.6 is 11.6 Å². The first-order valence-electron chi connectivity index (χ1n) is 11.0. The summed E-state index contributed by atoms with van der Waals surface area (Å²) in [4.78, 5) is 14.9. The van der Waals surface area contributed by atoms with Gasteiger partial charge in [-0.2, -0.15) is 18.4 Å². The van der Waals surface area contributed by atoms with Crippen LogP contribution in [-0.2, 0) is 6.18 Å². The number of hydrogen-bond donors (Lipinski definition) is 2. The molecule has 0 radical (unpaired) electrons. The quantitative estimate of drug-likeness (QED) is 0.549. The van der Waals surface area contributed by atoms with Crippen molar-refractivity contribution >= 4 is 34.1 Å². The molecule has 2 aromatic heterocycles. The Labute approximate surface area is 203 Å². The van der Waals surface area contributed by atoms with Gasteiger partial charge in [0.05, 0.1) is 45.7 Å². The van der Waals surface area contributed by atoms with Gasteiger partial charge in [0.2, 0.25) is 0 Å². The van der Waals surface area contributed by atoms with E-state index in [1.54, 1.807) is 0 Å². The number of nitrogens with one attached hydrogen (secondary N) is 1. The van der Waals surface area contributed by atoms with Crippen LogP contribution in [0, 0.1) is 18.3 Å². The monoisotopic (exact) mass is 503 g/mol. The normalized spacial score (nSPS) is 19.9. The summed E-state index contributed by atoms with van der Waals surface area (Å²) < 4.78 is 48.2. The van der Waals surface area contributed by atoms with Gasteiger partial charge < -0.3 is 20.7 Å². The van der Waals surface area contributed by atoms with Crippen LogP contribution in [0.3, 0.4) is 0 Å². The van der Waals surface area contributed by atoms with Crippen LogP contribution in [0.25, 0.3) is 22.2 Å². The number of aromatic nitrogens is 3. The largest absolute Gasteiger partial charge is 0.489 e. The number of nitrogens with two attached hydrogens (primary N) is 1. The van der Waals surface area contributed by atoms with E-state index < -0.39 is 17.4 Å². The van der Waals surface area contributed by atoms with Crippen molar-refractivity contribution in [2.24, 2.45) is 0 Å². The molecule has 1 fully saturated rings. The molecule has 0 spiro atoms. The predicted octanol–water partition coefficient (Wildman–Crippen LogP) is 4.10. The second-order valence-corrected chi connectivity index (χ2v) is 9.00. The van der Waals surface area contributed by atoms with Crippen molar-refractivity contribution in [2.45, 2.75) is 38.0 Å². The summed E-state index contributed by atoms with van der Waals surface area (Å²) in [6, 6.07) is 4.57. The van der Waals surface area contributed by atoms with E-state index in [0.717, 1.165) is 13.0 Å². The Morgan fingerprint density at radius 3 is 2.83 bits per heavy atom. The van der Waals surface area contributed by atoms with Gasteiger partial charge in [-0.1, -0.05) is 11.6 Å². The van der Waals surface area contributed by atoms with Crippen LogP contribution in [0.5, 0.6) is 5.75 Å². The second kappa shape index (κ2) is 8.70. The molecule has 1 aromatic carbocycles. The fourth-order valence-corrected chi connectivity index (χ4v) is 5.24. The number of pyridine rings is 1. The number of hydrogen-bond acceptors (Lipinski definition) is 8. The van der Waals surface area contributed by atoms with Crippen LogP contribution in [0.4, 0.5) is 24.8 Å². The average Bonchev–Trinajstić information content (AvgIpc) is 3.25. The van der Waals surface area contributed by atoms with E-state index in [1.807, 2.05) is 0 Å². The lowest BCUT2D eigenvalue weighted by Gasteiger charge is -2.34. The van der Waals surface area contributed by atoms with Crippen LogP contribution in [-0.4, -0.2) is 46.7 Å². The van der Waals surface area contributed by atoms with Crippen LogP contribution in [0.2, 0.25) is 5.02 Å². The second-order valence-electron chi connectivity index (χ2n) is 8.62. The lowest BCUT2D eigenvalue weighted by Crippen LogP contribution is -2.47. The Kier molecular flexibility index (Phi) is 5.81. The zero-order valence-corrected chi connectivity index (χ0v) is 19.4. The molecule has 3 N–H and O–H groups in total. The van der Waals surface area contributed by atoms with Gasteiger partial charge in [0.15, 0.2) is 5.75 Å². The van der Waals surface area contributed by atoms with E-state index in [0.29, 0.717) is 23.3 Å². The highest BCUT2D eigenvalue weighted by atomic mass is 35.5. The molecule has 1 saturated heterocycles. The fourth-order valence-electron chi connectivity index (χ4n) is 4.95. The first kappa shape index (κ1) is 23.4. The van der Waals surface area contributed by atoms with E-state index in [2.05, 4.69) is 31.2 Å². The third-order valence-corrected chi connectivity index (χ3v) is 6.76. The number of halogens is 4. The van der Waals surface area contributed by atoms with Crippen molar-refractivity contribution in [3.8, 4) is 23.1 Å². The molecule has 0 amide bonds. The number of nitriles is 1. The van der Waals surface area contributed by atoms with Gasteiger partial charge in [-0.3, -0.25) is 0 Å². The smallest absolute Gasteiger partial charge is 0.418 e. The van der Waals surface area contributed by atoms with Crippen LogP contribution < -0.4 is 20.7 Å². The third-order valence-electron chi connectivity index (χ3n) is 6.39. The molecule has 2 aliphatic heterocycles. The predicted molar refractivity (Wildman–Crippen MR) is 125 cm³/mol. The zero-order valence-electron chi connectivity index (χ0n) is 18.7. The molecule has 8 nitrogen and oxygen atoms in total. The topological polar surface area (TPSA) is 113 Å². The minimum Gasteiger partial charge on any atom is -0.489 e. The van der Waals surface area contributed by atoms with Crippen molar-refractivity contribution < 1.29 is 17.9 Å². The molecule has 2 atom stereocenters. The molecule has 0 aliphatic carbocycles. The van der Waals surface area contributed by atoms with Crippen LogP contribution in [0.1, 0.15) is 24.0 Å². The van der Waals surface area contributed by atoms with E-state index in [1.165, 1.54) is 25.4 Å². The summed E-state index contributed by atoms with van der Waals surface area (Å²) in [6.45, 7) is 2.96.